The number of nitrogen functional groups attached to an aromatic ring is 1. The molecule has 0 aromatic carbocycles. The van der Waals surface area contributed by atoms with Crippen LogP contribution < -0.4 is 10.6 Å². The molecule has 114 valence electrons. The quantitative estimate of drug-likeness (QED) is 0.748. The van der Waals surface area contributed by atoms with Gasteiger partial charge in [0, 0.05) is 13.1 Å². The number of nitrogens with zero attached hydrogens (tertiary/aromatic N) is 4. The lowest BCUT2D eigenvalue weighted by Crippen LogP contribution is -2.31. The number of nitrogens with two attached hydrogens (primary N) is 1. The van der Waals surface area contributed by atoms with Crippen LogP contribution in [0.15, 0.2) is 0 Å². The van der Waals surface area contributed by atoms with Crippen LogP contribution in [0.2, 0.25) is 5.28 Å². The van der Waals surface area contributed by atoms with E-state index in [-0.39, 0.29) is 5.28 Å². The summed E-state index contributed by atoms with van der Waals surface area (Å²) in [6, 6.07) is 0. The summed E-state index contributed by atoms with van der Waals surface area (Å²) in [6.45, 7) is 13.4. The van der Waals surface area contributed by atoms with Crippen molar-refractivity contribution in [2.24, 2.45) is 0 Å². The zero-order chi connectivity index (χ0) is 15.1. The van der Waals surface area contributed by atoms with Crippen LogP contribution in [-0.4, -0.2) is 47.6 Å². The van der Waals surface area contributed by atoms with Gasteiger partial charge in [0.05, 0.1) is 11.4 Å². The Morgan fingerprint density at radius 3 is 2.25 bits per heavy atom. The average Bonchev–Trinajstić information content (AvgIpc) is 2.43. The number of hydrogen-bond acceptors (Lipinski definition) is 5. The van der Waals surface area contributed by atoms with Crippen molar-refractivity contribution in [2.75, 3.05) is 43.4 Å². The molecule has 0 aliphatic heterocycles. The Hall–Kier alpha value is -1.07. The zero-order valence-electron chi connectivity index (χ0n) is 13.0. The molecule has 0 aliphatic rings. The molecule has 0 unspecified atom stereocenters. The van der Waals surface area contributed by atoms with E-state index in [0.717, 1.165) is 50.7 Å². The van der Waals surface area contributed by atoms with Crippen LogP contribution in [0.5, 0.6) is 0 Å². The predicted octanol–water partition coefficient (Wildman–Crippen LogP) is 2.58. The summed E-state index contributed by atoms with van der Waals surface area (Å²) in [5.41, 5.74) is 7.44. The van der Waals surface area contributed by atoms with Gasteiger partial charge in [-0.15, -0.1) is 0 Å². The fourth-order valence-corrected chi connectivity index (χ4v) is 2.42. The van der Waals surface area contributed by atoms with E-state index in [1.54, 1.807) is 0 Å². The summed E-state index contributed by atoms with van der Waals surface area (Å²) in [7, 11) is 0. The molecular formula is C14H26ClN5. The van der Waals surface area contributed by atoms with E-state index in [4.69, 9.17) is 17.3 Å². The van der Waals surface area contributed by atoms with Gasteiger partial charge in [-0.05, 0) is 51.5 Å². The second-order valence-corrected chi connectivity index (χ2v) is 5.11. The lowest BCUT2D eigenvalue weighted by molar-refractivity contribution is 0.300. The van der Waals surface area contributed by atoms with Gasteiger partial charge in [0.25, 0.3) is 0 Å². The van der Waals surface area contributed by atoms with Crippen molar-refractivity contribution in [3.05, 3.63) is 11.0 Å². The van der Waals surface area contributed by atoms with Crippen molar-refractivity contribution in [1.82, 2.24) is 14.9 Å². The minimum Gasteiger partial charge on any atom is -0.394 e. The maximum atomic E-state index is 6.08. The zero-order valence-corrected chi connectivity index (χ0v) is 13.7. The molecule has 0 bridgehead atoms. The average molecular weight is 300 g/mol. The normalized spacial score (nSPS) is 11.1. The van der Waals surface area contributed by atoms with E-state index in [1.807, 2.05) is 6.92 Å². The highest BCUT2D eigenvalue weighted by atomic mass is 35.5. The van der Waals surface area contributed by atoms with Crippen LogP contribution in [0.1, 0.15) is 32.9 Å². The van der Waals surface area contributed by atoms with Crippen molar-refractivity contribution in [2.45, 2.75) is 34.1 Å². The maximum Gasteiger partial charge on any atom is 0.224 e. The van der Waals surface area contributed by atoms with Gasteiger partial charge >= 0.3 is 0 Å². The molecule has 0 atom stereocenters. The van der Waals surface area contributed by atoms with Gasteiger partial charge < -0.3 is 15.5 Å². The first-order chi connectivity index (χ1) is 9.53. The Balaban J connectivity index is 2.71. The third-order valence-corrected chi connectivity index (χ3v) is 3.74. The molecule has 1 rings (SSSR count). The highest BCUT2D eigenvalue weighted by Crippen LogP contribution is 2.24. The topological polar surface area (TPSA) is 58.3 Å². The third kappa shape index (κ3) is 4.49. The summed E-state index contributed by atoms with van der Waals surface area (Å²) in [6.07, 6.45) is 1.08. The Kier molecular flexibility index (Phi) is 7.02. The first-order valence-corrected chi connectivity index (χ1v) is 7.68. The Morgan fingerprint density at radius 2 is 1.70 bits per heavy atom. The van der Waals surface area contributed by atoms with Crippen molar-refractivity contribution in [3.63, 3.8) is 0 Å². The highest BCUT2D eigenvalue weighted by Gasteiger charge is 2.14. The fraction of sp³-hybridized carbons (Fsp3) is 0.714. The molecule has 0 radical (unpaired) electrons. The SMILES string of the molecule is CCN(CC)CCCN(CC)c1nc(Cl)nc(C)c1N. The van der Waals surface area contributed by atoms with Crippen molar-refractivity contribution >= 4 is 23.1 Å². The molecule has 0 aliphatic carbocycles. The predicted molar refractivity (Wildman–Crippen MR) is 86.5 cm³/mol. The molecule has 1 heterocycles. The molecule has 5 nitrogen and oxygen atoms in total. The van der Waals surface area contributed by atoms with Crippen molar-refractivity contribution in [1.29, 1.82) is 0 Å². The maximum absolute atomic E-state index is 6.08. The van der Waals surface area contributed by atoms with E-state index < -0.39 is 0 Å². The molecule has 0 saturated carbocycles. The summed E-state index contributed by atoms with van der Waals surface area (Å²) in [5, 5.41) is 0.258. The fourth-order valence-electron chi connectivity index (χ4n) is 2.21. The molecular weight excluding hydrogens is 274 g/mol. The first kappa shape index (κ1) is 17.0. The Labute approximate surface area is 127 Å². The van der Waals surface area contributed by atoms with Crippen LogP contribution >= 0.6 is 11.6 Å². The summed E-state index contributed by atoms with van der Waals surface area (Å²) < 4.78 is 0. The number of rotatable bonds is 8. The van der Waals surface area contributed by atoms with Crippen LogP contribution in [0, 0.1) is 6.92 Å². The molecule has 0 amide bonds. The minimum absolute atomic E-state index is 0.258. The monoisotopic (exact) mass is 299 g/mol. The van der Waals surface area contributed by atoms with Crippen LogP contribution in [0.25, 0.3) is 0 Å². The molecule has 1 aromatic heterocycles. The van der Waals surface area contributed by atoms with E-state index >= 15 is 0 Å². The number of hydrogen-bond donors (Lipinski definition) is 1. The van der Waals surface area contributed by atoms with Crippen molar-refractivity contribution in [3.8, 4) is 0 Å². The van der Waals surface area contributed by atoms with E-state index in [9.17, 15) is 0 Å². The summed E-state index contributed by atoms with van der Waals surface area (Å²) in [4.78, 5) is 12.9. The van der Waals surface area contributed by atoms with Crippen LogP contribution in [-0.2, 0) is 0 Å². The van der Waals surface area contributed by atoms with Gasteiger partial charge in [0.2, 0.25) is 5.28 Å². The van der Waals surface area contributed by atoms with Crippen LogP contribution in [0.4, 0.5) is 11.5 Å². The molecule has 0 spiro atoms. The van der Waals surface area contributed by atoms with Gasteiger partial charge in [-0.2, -0.15) is 4.98 Å². The molecule has 2 N–H and O–H groups in total. The summed E-state index contributed by atoms with van der Waals surface area (Å²) >= 11 is 5.94. The lowest BCUT2D eigenvalue weighted by atomic mass is 10.3. The molecule has 0 fully saturated rings. The standard InChI is InChI=1S/C14H26ClN5/c1-5-19(6-2)9-8-10-20(7-3)13-12(16)11(4)17-14(15)18-13/h5-10,16H2,1-4H3. The van der Waals surface area contributed by atoms with E-state index in [2.05, 4.69) is 40.5 Å². The first-order valence-electron chi connectivity index (χ1n) is 7.30. The number of aryl methyl sites for hydroxylation is 1. The largest absolute Gasteiger partial charge is 0.394 e. The van der Waals surface area contributed by atoms with Gasteiger partial charge in [-0.3, -0.25) is 0 Å². The minimum atomic E-state index is 0.258. The molecule has 20 heavy (non-hydrogen) atoms. The number of anilines is 2. The molecule has 1 aromatic rings. The highest BCUT2D eigenvalue weighted by molar-refractivity contribution is 6.28. The molecule has 0 saturated heterocycles. The third-order valence-electron chi connectivity index (χ3n) is 3.57. The van der Waals surface area contributed by atoms with Crippen LogP contribution in [0.3, 0.4) is 0 Å². The molecule has 6 heteroatoms. The smallest absolute Gasteiger partial charge is 0.224 e. The Morgan fingerprint density at radius 1 is 1.05 bits per heavy atom. The van der Waals surface area contributed by atoms with Gasteiger partial charge in [0.15, 0.2) is 5.82 Å². The number of halogens is 1. The summed E-state index contributed by atoms with van der Waals surface area (Å²) in [5.74, 6) is 0.754. The van der Waals surface area contributed by atoms with Gasteiger partial charge in [-0.1, -0.05) is 13.8 Å². The van der Waals surface area contributed by atoms with E-state index in [1.165, 1.54) is 0 Å². The van der Waals surface area contributed by atoms with Gasteiger partial charge in [0.1, 0.15) is 0 Å². The van der Waals surface area contributed by atoms with Gasteiger partial charge in [-0.25, -0.2) is 4.98 Å². The number of aromatic nitrogens is 2. The van der Waals surface area contributed by atoms with E-state index in [0.29, 0.717) is 5.69 Å². The second kappa shape index (κ2) is 8.27. The lowest BCUT2D eigenvalue weighted by Gasteiger charge is -2.25. The Bertz CT molecular complexity index is 420. The second-order valence-electron chi connectivity index (χ2n) is 4.78. The van der Waals surface area contributed by atoms with Crippen molar-refractivity contribution < 1.29 is 0 Å².